The number of hydrogen-bond acceptors (Lipinski definition) is 10. The number of nitrogens with one attached hydrogen (secondary N) is 1. The van der Waals surface area contributed by atoms with Gasteiger partial charge < -0.3 is 50.5 Å². The second-order valence-corrected chi connectivity index (χ2v) is 19.0. The zero-order valence-electron chi connectivity index (χ0n) is 40.6. The van der Waals surface area contributed by atoms with Crippen LogP contribution < -0.4 is 5.32 Å². The molecule has 1 amide bonds. The summed E-state index contributed by atoms with van der Waals surface area (Å²) in [5.41, 5.74) is 0. The van der Waals surface area contributed by atoms with E-state index in [9.17, 15) is 40.5 Å². The molecule has 11 heteroatoms. The van der Waals surface area contributed by atoms with Gasteiger partial charge in [-0.05, 0) is 32.1 Å². The van der Waals surface area contributed by atoms with E-state index in [-0.39, 0.29) is 12.8 Å². The van der Waals surface area contributed by atoms with Gasteiger partial charge in [-0.3, -0.25) is 4.79 Å². The van der Waals surface area contributed by atoms with Crippen LogP contribution in [0.5, 0.6) is 0 Å². The van der Waals surface area contributed by atoms with Gasteiger partial charge in [0.1, 0.15) is 36.6 Å². The Labute approximate surface area is 385 Å². The quantitative estimate of drug-likeness (QED) is 0.0216. The van der Waals surface area contributed by atoms with Crippen LogP contribution in [0.15, 0.2) is 12.2 Å². The molecule has 0 saturated carbocycles. The van der Waals surface area contributed by atoms with Gasteiger partial charge in [-0.2, -0.15) is 0 Å². The number of aliphatic hydroxyl groups is 7. The summed E-state index contributed by atoms with van der Waals surface area (Å²) in [7, 11) is 0. The van der Waals surface area contributed by atoms with Crippen molar-refractivity contribution in [3.8, 4) is 0 Å². The Hall–Kier alpha value is -1.15. The summed E-state index contributed by atoms with van der Waals surface area (Å²) in [4.78, 5) is 13.0. The number of rotatable bonds is 45. The molecule has 11 nitrogen and oxygen atoms in total. The lowest BCUT2D eigenvalue weighted by Gasteiger charge is -2.40. The van der Waals surface area contributed by atoms with E-state index in [1.807, 2.05) is 6.08 Å². The molecule has 9 unspecified atom stereocenters. The number of carbonyl (C=O) groups is 1. The summed E-state index contributed by atoms with van der Waals surface area (Å²) in [5, 5.41) is 75.2. The van der Waals surface area contributed by atoms with E-state index in [0.29, 0.717) is 12.8 Å². The van der Waals surface area contributed by atoms with Crippen molar-refractivity contribution in [3.05, 3.63) is 12.2 Å². The van der Waals surface area contributed by atoms with Crippen LogP contribution in [0.3, 0.4) is 0 Å². The van der Waals surface area contributed by atoms with E-state index in [2.05, 4.69) is 25.2 Å². The summed E-state index contributed by atoms with van der Waals surface area (Å²) in [6, 6.07) is -1.18. The Morgan fingerprint density at radius 1 is 0.540 bits per heavy atom. The number of amides is 1. The number of unbranched alkanes of at least 4 members (excludes halogenated alkanes) is 31. The predicted octanol–water partition coefficient (Wildman–Crippen LogP) is 10.0. The Morgan fingerprint density at radius 2 is 0.952 bits per heavy atom. The molecule has 63 heavy (non-hydrogen) atoms. The maximum absolute atomic E-state index is 13.0. The molecule has 0 bridgehead atoms. The minimum absolute atomic E-state index is 0.256. The first kappa shape index (κ1) is 59.9. The molecule has 0 spiro atoms. The van der Waals surface area contributed by atoms with Crippen molar-refractivity contribution in [2.45, 2.75) is 300 Å². The third-order valence-corrected chi connectivity index (χ3v) is 13.0. The molecule has 1 fully saturated rings. The van der Waals surface area contributed by atoms with E-state index in [1.165, 1.54) is 167 Å². The van der Waals surface area contributed by atoms with Crippen molar-refractivity contribution < 1.29 is 50.0 Å². The second-order valence-electron chi connectivity index (χ2n) is 19.0. The molecule has 1 heterocycles. The van der Waals surface area contributed by atoms with E-state index in [4.69, 9.17) is 9.47 Å². The van der Waals surface area contributed by atoms with Crippen LogP contribution in [0, 0.1) is 0 Å². The highest BCUT2D eigenvalue weighted by molar-refractivity contribution is 5.80. The molecule has 1 aliphatic heterocycles. The minimum atomic E-state index is -1.66. The van der Waals surface area contributed by atoms with Crippen LogP contribution in [0.25, 0.3) is 0 Å². The summed E-state index contributed by atoms with van der Waals surface area (Å²) >= 11 is 0. The summed E-state index contributed by atoms with van der Waals surface area (Å²) in [5.74, 6) is -0.707. The van der Waals surface area contributed by atoms with Crippen LogP contribution >= 0.6 is 0 Å². The second kappa shape index (κ2) is 42.2. The number of allylic oxidation sites excluding steroid dienone is 2. The molecule has 1 saturated heterocycles. The average molecular weight is 900 g/mol. The standard InChI is InChI=1S/C52H101NO10/c1-3-5-7-9-11-12-13-14-15-16-17-18-19-20-21-22-23-24-25-26-27-28-29-30-31-32-33-34-36-38-40-45(56)51(61)53-43(47(57)44(55)39-37-35-10-8-6-4-2)42-62-52-50(60)49(59)48(58)46(41-54)63-52/h8,10,43-50,52,54-60H,3-7,9,11-42H2,1-2H3,(H,53,61)/b10-8+. The number of hydrogen-bond donors (Lipinski definition) is 8. The number of carbonyl (C=O) groups excluding carboxylic acids is 1. The molecule has 1 aliphatic rings. The van der Waals surface area contributed by atoms with Crippen molar-refractivity contribution in [1.29, 1.82) is 0 Å². The third kappa shape index (κ3) is 31.5. The lowest BCUT2D eigenvalue weighted by molar-refractivity contribution is -0.303. The van der Waals surface area contributed by atoms with Gasteiger partial charge in [-0.15, -0.1) is 0 Å². The fraction of sp³-hybridized carbons (Fsp3) is 0.942. The van der Waals surface area contributed by atoms with Crippen LogP contribution in [0.2, 0.25) is 0 Å². The Kier molecular flexibility index (Phi) is 40.1. The van der Waals surface area contributed by atoms with Crippen molar-refractivity contribution in [2.24, 2.45) is 0 Å². The van der Waals surface area contributed by atoms with Gasteiger partial charge in [0.15, 0.2) is 6.29 Å². The molecule has 9 atom stereocenters. The fourth-order valence-electron chi connectivity index (χ4n) is 8.69. The molecule has 0 aliphatic carbocycles. The average Bonchev–Trinajstić information content (AvgIpc) is 3.28. The first-order valence-corrected chi connectivity index (χ1v) is 26.6. The van der Waals surface area contributed by atoms with Gasteiger partial charge in [0.05, 0.1) is 25.4 Å². The van der Waals surface area contributed by atoms with Crippen molar-refractivity contribution >= 4 is 5.91 Å². The van der Waals surface area contributed by atoms with Crippen molar-refractivity contribution in [3.63, 3.8) is 0 Å². The monoisotopic (exact) mass is 900 g/mol. The highest BCUT2D eigenvalue weighted by Gasteiger charge is 2.44. The molecular formula is C52H101NO10. The normalized spacial score (nSPS) is 21.2. The highest BCUT2D eigenvalue weighted by atomic mass is 16.7. The maximum Gasteiger partial charge on any atom is 0.249 e. The third-order valence-electron chi connectivity index (χ3n) is 13.0. The number of aliphatic hydroxyl groups excluding tert-OH is 7. The topological polar surface area (TPSA) is 189 Å². The molecule has 0 aromatic rings. The van der Waals surface area contributed by atoms with E-state index in [0.717, 1.165) is 38.5 Å². The molecular weight excluding hydrogens is 799 g/mol. The summed E-state index contributed by atoms with van der Waals surface area (Å²) in [6.45, 7) is 3.31. The van der Waals surface area contributed by atoms with E-state index < -0.39 is 74.2 Å². The molecule has 0 aromatic carbocycles. The van der Waals surface area contributed by atoms with Gasteiger partial charge in [0.25, 0.3) is 0 Å². The molecule has 1 rings (SSSR count). The largest absolute Gasteiger partial charge is 0.394 e. The zero-order chi connectivity index (χ0) is 46.2. The van der Waals surface area contributed by atoms with Crippen molar-refractivity contribution in [1.82, 2.24) is 5.32 Å². The lowest BCUT2D eigenvalue weighted by atomic mass is 9.98. The van der Waals surface area contributed by atoms with Gasteiger partial charge in [0, 0.05) is 0 Å². The van der Waals surface area contributed by atoms with Gasteiger partial charge >= 0.3 is 0 Å². The van der Waals surface area contributed by atoms with Crippen LogP contribution in [0.4, 0.5) is 0 Å². The minimum Gasteiger partial charge on any atom is -0.394 e. The van der Waals surface area contributed by atoms with Crippen LogP contribution in [-0.2, 0) is 14.3 Å². The smallest absolute Gasteiger partial charge is 0.249 e. The molecule has 0 aromatic heterocycles. The van der Waals surface area contributed by atoms with Crippen LogP contribution in [-0.4, -0.2) is 110 Å². The van der Waals surface area contributed by atoms with E-state index in [1.54, 1.807) is 0 Å². The predicted molar refractivity (Wildman–Crippen MR) is 256 cm³/mol. The highest BCUT2D eigenvalue weighted by Crippen LogP contribution is 2.23. The van der Waals surface area contributed by atoms with Gasteiger partial charge in [-0.25, -0.2) is 0 Å². The fourth-order valence-corrected chi connectivity index (χ4v) is 8.69. The molecule has 0 radical (unpaired) electrons. The maximum atomic E-state index is 13.0. The zero-order valence-corrected chi connectivity index (χ0v) is 40.6. The Balaban J connectivity index is 2.12. The Bertz CT molecular complexity index is 1030. The SMILES string of the molecule is CCC/C=C/CCCC(O)C(O)C(COC1OC(CO)C(O)C(O)C1O)NC(=O)C(O)CCCCCCCCCCCCCCCCCCCCCCCCCCCCCCCC. The van der Waals surface area contributed by atoms with Gasteiger partial charge in [0.2, 0.25) is 5.91 Å². The molecule has 374 valence electrons. The lowest BCUT2D eigenvalue weighted by Crippen LogP contribution is -2.60. The molecule has 8 N–H and O–H groups in total. The van der Waals surface area contributed by atoms with Crippen molar-refractivity contribution in [2.75, 3.05) is 13.2 Å². The van der Waals surface area contributed by atoms with E-state index >= 15 is 0 Å². The number of ether oxygens (including phenoxy) is 2. The summed E-state index contributed by atoms with van der Waals surface area (Å²) < 4.78 is 11.0. The summed E-state index contributed by atoms with van der Waals surface area (Å²) in [6.07, 6.45) is 36.4. The first-order chi connectivity index (χ1) is 30.7. The van der Waals surface area contributed by atoms with Crippen LogP contribution in [0.1, 0.15) is 245 Å². The Morgan fingerprint density at radius 3 is 1.37 bits per heavy atom. The van der Waals surface area contributed by atoms with Gasteiger partial charge in [-0.1, -0.05) is 225 Å². The first-order valence-electron chi connectivity index (χ1n) is 26.6.